The molecule has 0 saturated heterocycles. The highest BCUT2D eigenvalue weighted by atomic mass is 35.5. The first-order valence-corrected chi connectivity index (χ1v) is 7.76. The second-order valence-electron chi connectivity index (χ2n) is 5.63. The Morgan fingerprint density at radius 2 is 1.79 bits per heavy atom. The molecule has 0 radical (unpaired) electrons. The van der Waals surface area contributed by atoms with E-state index in [1.807, 2.05) is 12.1 Å². The van der Waals surface area contributed by atoms with E-state index < -0.39 is 0 Å². The molecule has 19 heavy (non-hydrogen) atoms. The Kier molecular flexibility index (Phi) is 5.26. The Balaban J connectivity index is 2.06. The molecule has 2 nitrogen and oxygen atoms in total. The van der Waals surface area contributed by atoms with E-state index >= 15 is 0 Å². The van der Waals surface area contributed by atoms with E-state index in [9.17, 15) is 0 Å². The summed E-state index contributed by atoms with van der Waals surface area (Å²) in [6.45, 7) is 5.63. The topological polar surface area (TPSA) is 29.3 Å². The van der Waals surface area contributed by atoms with Crippen LogP contribution in [0.3, 0.4) is 0 Å². The number of halogens is 1. The predicted octanol–water partition coefficient (Wildman–Crippen LogP) is 3.99. The van der Waals surface area contributed by atoms with Crippen LogP contribution in [0.5, 0.6) is 0 Å². The molecule has 1 aliphatic carbocycles. The molecule has 1 aromatic carbocycles. The summed E-state index contributed by atoms with van der Waals surface area (Å²) < 4.78 is 0. The van der Waals surface area contributed by atoms with Crippen LogP contribution in [0.2, 0.25) is 5.02 Å². The summed E-state index contributed by atoms with van der Waals surface area (Å²) in [5.74, 6) is 0. The zero-order valence-electron chi connectivity index (χ0n) is 12.0. The standard InChI is InChI=1S/C16H25ClN2/c1-3-19(16-10-8-15(18)9-11-16)12(2)13-4-6-14(17)7-5-13/h4-7,12,15-16H,3,8-11,18H2,1-2H3. The molecule has 1 atom stereocenters. The molecular formula is C16H25ClN2. The van der Waals surface area contributed by atoms with Crippen molar-refractivity contribution in [1.82, 2.24) is 4.90 Å². The minimum absolute atomic E-state index is 0.417. The Bertz CT molecular complexity index is 382. The van der Waals surface area contributed by atoms with Crippen molar-refractivity contribution in [2.75, 3.05) is 6.54 Å². The van der Waals surface area contributed by atoms with Crippen molar-refractivity contribution in [1.29, 1.82) is 0 Å². The fraction of sp³-hybridized carbons (Fsp3) is 0.625. The average molecular weight is 281 g/mol. The van der Waals surface area contributed by atoms with Gasteiger partial charge in [0.05, 0.1) is 0 Å². The lowest BCUT2D eigenvalue weighted by molar-refractivity contribution is 0.114. The van der Waals surface area contributed by atoms with Crippen LogP contribution >= 0.6 is 11.6 Å². The van der Waals surface area contributed by atoms with Crippen LogP contribution in [0, 0.1) is 0 Å². The maximum absolute atomic E-state index is 6.01. The van der Waals surface area contributed by atoms with Gasteiger partial charge < -0.3 is 5.73 Å². The molecule has 2 N–H and O–H groups in total. The molecule has 106 valence electrons. The normalized spacial score (nSPS) is 25.5. The fourth-order valence-electron chi connectivity index (χ4n) is 3.21. The largest absolute Gasteiger partial charge is 0.328 e. The first kappa shape index (κ1) is 14.8. The minimum Gasteiger partial charge on any atom is -0.328 e. The second kappa shape index (κ2) is 6.74. The molecule has 1 fully saturated rings. The van der Waals surface area contributed by atoms with Crippen LogP contribution in [0.25, 0.3) is 0 Å². The van der Waals surface area contributed by atoms with Crippen molar-refractivity contribution in [3.63, 3.8) is 0 Å². The second-order valence-corrected chi connectivity index (χ2v) is 6.06. The molecule has 1 aliphatic rings. The van der Waals surface area contributed by atoms with Crippen molar-refractivity contribution in [2.45, 2.75) is 57.7 Å². The first-order chi connectivity index (χ1) is 9.11. The Morgan fingerprint density at radius 1 is 1.21 bits per heavy atom. The number of hydrogen-bond donors (Lipinski definition) is 1. The Morgan fingerprint density at radius 3 is 2.32 bits per heavy atom. The van der Waals surface area contributed by atoms with E-state index in [1.54, 1.807) is 0 Å². The van der Waals surface area contributed by atoms with Gasteiger partial charge in [-0.05, 0) is 56.8 Å². The Hall–Kier alpha value is -0.570. The predicted molar refractivity (Wildman–Crippen MR) is 82.5 cm³/mol. The zero-order valence-corrected chi connectivity index (χ0v) is 12.7. The summed E-state index contributed by atoms with van der Waals surface area (Å²) >= 11 is 5.97. The third-order valence-electron chi connectivity index (χ3n) is 4.43. The molecular weight excluding hydrogens is 256 g/mol. The summed E-state index contributed by atoms with van der Waals surface area (Å²) in [6.07, 6.45) is 4.78. The SMILES string of the molecule is CCN(C1CCC(N)CC1)C(C)c1ccc(Cl)cc1. The fourth-order valence-corrected chi connectivity index (χ4v) is 3.34. The zero-order chi connectivity index (χ0) is 13.8. The van der Waals surface area contributed by atoms with Gasteiger partial charge in [0, 0.05) is 23.1 Å². The molecule has 1 saturated carbocycles. The van der Waals surface area contributed by atoms with Crippen LogP contribution < -0.4 is 5.73 Å². The summed E-state index contributed by atoms with van der Waals surface area (Å²) in [5, 5.41) is 0.808. The van der Waals surface area contributed by atoms with Crippen LogP contribution in [0.15, 0.2) is 24.3 Å². The van der Waals surface area contributed by atoms with E-state index in [0.717, 1.165) is 24.4 Å². The average Bonchev–Trinajstić information content (AvgIpc) is 2.42. The number of rotatable bonds is 4. The van der Waals surface area contributed by atoms with E-state index in [4.69, 9.17) is 17.3 Å². The highest BCUT2D eigenvalue weighted by Gasteiger charge is 2.26. The maximum atomic E-state index is 6.01. The van der Waals surface area contributed by atoms with Crippen LogP contribution in [0.4, 0.5) is 0 Å². The number of nitrogens with two attached hydrogens (primary N) is 1. The molecule has 1 unspecified atom stereocenters. The first-order valence-electron chi connectivity index (χ1n) is 7.38. The van der Waals surface area contributed by atoms with Crippen molar-refractivity contribution in [3.8, 4) is 0 Å². The van der Waals surface area contributed by atoms with Crippen molar-refractivity contribution in [3.05, 3.63) is 34.9 Å². The van der Waals surface area contributed by atoms with E-state index in [-0.39, 0.29) is 0 Å². The highest BCUT2D eigenvalue weighted by Crippen LogP contribution is 2.30. The van der Waals surface area contributed by atoms with Crippen LogP contribution in [-0.2, 0) is 0 Å². The lowest BCUT2D eigenvalue weighted by atomic mass is 9.89. The molecule has 0 aliphatic heterocycles. The van der Waals surface area contributed by atoms with Gasteiger partial charge in [-0.25, -0.2) is 0 Å². The Labute approximate surface area is 121 Å². The van der Waals surface area contributed by atoms with Gasteiger partial charge in [-0.2, -0.15) is 0 Å². The summed E-state index contributed by atoms with van der Waals surface area (Å²) in [7, 11) is 0. The third-order valence-corrected chi connectivity index (χ3v) is 4.68. The van der Waals surface area contributed by atoms with Gasteiger partial charge in [0.15, 0.2) is 0 Å². The van der Waals surface area contributed by atoms with Gasteiger partial charge in [0.2, 0.25) is 0 Å². The van der Waals surface area contributed by atoms with Gasteiger partial charge in [0.1, 0.15) is 0 Å². The maximum Gasteiger partial charge on any atom is 0.0406 e. The van der Waals surface area contributed by atoms with E-state index in [2.05, 4.69) is 30.9 Å². The molecule has 0 aromatic heterocycles. The van der Waals surface area contributed by atoms with Gasteiger partial charge in [-0.1, -0.05) is 30.7 Å². The lowest BCUT2D eigenvalue weighted by Gasteiger charge is -2.39. The third kappa shape index (κ3) is 3.71. The molecule has 0 heterocycles. The van der Waals surface area contributed by atoms with Crippen molar-refractivity contribution < 1.29 is 0 Å². The molecule has 0 bridgehead atoms. The lowest BCUT2D eigenvalue weighted by Crippen LogP contribution is -2.42. The van der Waals surface area contributed by atoms with Gasteiger partial charge in [-0.3, -0.25) is 4.90 Å². The van der Waals surface area contributed by atoms with Crippen molar-refractivity contribution >= 4 is 11.6 Å². The monoisotopic (exact) mass is 280 g/mol. The van der Waals surface area contributed by atoms with Gasteiger partial charge >= 0.3 is 0 Å². The molecule has 3 heteroatoms. The molecule has 0 spiro atoms. The molecule has 1 aromatic rings. The summed E-state index contributed by atoms with van der Waals surface area (Å²) in [5.41, 5.74) is 7.36. The number of hydrogen-bond acceptors (Lipinski definition) is 2. The van der Waals surface area contributed by atoms with Crippen LogP contribution in [-0.4, -0.2) is 23.5 Å². The van der Waals surface area contributed by atoms with Crippen molar-refractivity contribution in [2.24, 2.45) is 5.73 Å². The smallest absolute Gasteiger partial charge is 0.0406 e. The summed E-state index contributed by atoms with van der Waals surface area (Å²) in [4.78, 5) is 2.61. The van der Waals surface area contributed by atoms with Gasteiger partial charge in [-0.15, -0.1) is 0 Å². The van der Waals surface area contributed by atoms with Crippen LogP contribution in [0.1, 0.15) is 51.1 Å². The summed E-state index contributed by atoms with van der Waals surface area (Å²) in [6, 6.07) is 9.79. The van der Waals surface area contributed by atoms with E-state index in [0.29, 0.717) is 18.1 Å². The van der Waals surface area contributed by atoms with Gasteiger partial charge in [0.25, 0.3) is 0 Å². The number of nitrogens with zero attached hydrogens (tertiary/aromatic N) is 1. The quantitative estimate of drug-likeness (QED) is 0.903. The van der Waals surface area contributed by atoms with E-state index in [1.165, 1.54) is 18.4 Å². The minimum atomic E-state index is 0.417. The molecule has 0 amide bonds. The molecule has 2 rings (SSSR count). The number of benzene rings is 1. The highest BCUT2D eigenvalue weighted by molar-refractivity contribution is 6.30.